The molecule has 0 saturated heterocycles. The van der Waals surface area contributed by atoms with E-state index in [4.69, 9.17) is 14.0 Å². The lowest BCUT2D eigenvalue weighted by atomic mass is 9.95. The van der Waals surface area contributed by atoms with Crippen molar-refractivity contribution in [3.05, 3.63) is 63.8 Å². The van der Waals surface area contributed by atoms with Crippen LogP contribution >= 0.6 is 0 Å². The van der Waals surface area contributed by atoms with Crippen LogP contribution in [0.15, 0.2) is 28.8 Å². The first-order valence-electron chi connectivity index (χ1n) is 11.7. The van der Waals surface area contributed by atoms with Crippen molar-refractivity contribution in [1.29, 1.82) is 0 Å². The average molecular weight is 465 g/mol. The predicted molar refractivity (Wildman–Crippen MR) is 122 cm³/mol. The highest BCUT2D eigenvalue weighted by molar-refractivity contribution is 5.94. The fourth-order valence-electron chi connectivity index (χ4n) is 4.80. The third kappa shape index (κ3) is 4.06. The molecular formula is C25H28N4O5. The van der Waals surface area contributed by atoms with Crippen LogP contribution in [0.25, 0.3) is 0 Å². The van der Waals surface area contributed by atoms with Crippen LogP contribution in [0.4, 0.5) is 0 Å². The summed E-state index contributed by atoms with van der Waals surface area (Å²) in [5.41, 5.74) is 4.28. The van der Waals surface area contributed by atoms with Gasteiger partial charge in [-0.3, -0.25) is 9.48 Å². The summed E-state index contributed by atoms with van der Waals surface area (Å²) < 4.78 is 17.9. The van der Waals surface area contributed by atoms with E-state index in [0.717, 1.165) is 59.6 Å². The fraction of sp³-hybridized carbons (Fsp3) is 0.440. The van der Waals surface area contributed by atoms with Crippen LogP contribution in [0.5, 0.6) is 5.75 Å². The number of fused-ring (bicyclic) bond motifs is 2. The van der Waals surface area contributed by atoms with Gasteiger partial charge in [-0.05, 0) is 43.9 Å². The Kier molecular flexibility index (Phi) is 6.08. The molecule has 0 bridgehead atoms. The first kappa shape index (κ1) is 22.2. The number of benzene rings is 1. The molecule has 0 atom stereocenters. The van der Waals surface area contributed by atoms with Crippen LogP contribution in [-0.2, 0) is 37.1 Å². The number of hydrogen-bond acceptors (Lipinski definition) is 7. The molecule has 3 aromatic rings. The molecule has 3 heterocycles. The summed E-state index contributed by atoms with van der Waals surface area (Å²) in [6, 6.07) is 7.76. The molecule has 1 aliphatic heterocycles. The van der Waals surface area contributed by atoms with Gasteiger partial charge in [-0.2, -0.15) is 5.10 Å². The molecule has 1 amide bonds. The average Bonchev–Trinajstić information content (AvgIpc) is 3.45. The zero-order chi connectivity index (χ0) is 23.7. The molecular weight excluding hydrogens is 436 g/mol. The lowest BCUT2D eigenvalue weighted by molar-refractivity contribution is 0.0512. The lowest BCUT2D eigenvalue weighted by Gasteiger charge is -2.27. The van der Waals surface area contributed by atoms with E-state index >= 15 is 0 Å². The number of aryl methyl sites for hydroxylation is 1. The van der Waals surface area contributed by atoms with Crippen molar-refractivity contribution in [1.82, 2.24) is 19.8 Å². The van der Waals surface area contributed by atoms with E-state index in [9.17, 15) is 9.59 Å². The predicted octanol–water partition coefficient (Wildman–Crippen LogP) is 3.18. The van der Waals surface area contributed by atoms with E-state index in [1.54, 1.807) is 18.9 Å². The van der Waals surface area contributed by atoms with Crippen LogP contribution in [0.2, 0.25) is 0 Å². The zero-order valence-corrected chi connectivity index (χ0v) is 19.5. The largest absolute Gasteiger partial charge is 0.497 e. The smallest absolute Gasteiger partial charge is 0.359 e. The quantitative estimate of drug-likeness (QED) is 0.517. The van der Waals surface area contributed by atoms with E-state index in [2.05, 4.69) is 10.3 Å². The Bertz CT molecular complexity index is 1230. The van der Waals surface area contributed by atoms with Crippen molar-refractivity contribution in [3.63, 3.8) is 0 Å². The van der Waals surface area contributed by atoms with Gasteiger partial charge in [0.25, 0.3) is 5.91 Å². The van der Waals surface area contributed by atoms with Crippen molar-refractivity contribution in [2.75, 3.05) is 20.3 Å². The number of hydrogen-bond donors (Lipinski definition) is 0. The summed E-state index contributed by atoms with van der Waals surface area (Å²) in [7, 11) is 1.63. The number of amides is 1. The Balaban J connectivity index is 1.45. The molecule has 0 fully saturated rings. The van der Waals surface area contributed by atoms with Crippen LogP contribution in [-0.4, -0.2) is 52.0 Å². The highest BCUT2D eigenvalue weighted by Crippen LogP contribution is 2.29. The highest BCUT2D eigenvalue weighted by atomic mass is 16.5. The van der Waals surface area contributed by atoms with Gasteiger partial charge in [0, 0.05) is 36.2 Å². The Morgan fingerprint density at radius 3 is 2.79 bits per heavy atom. The highest BCUT2D eigenvalue weighted by Gasteiger charge is 2.34. The summed E-state index contributed by atoms with van der Waals surface area (Å²) in [6.45, 7) is 3.30. The minimum atomic E-state index is -0.476. The molecule has 0 radical (unpaired) electrons. The van der Waals surface area contributed by atoms with E-state index in [0.29, 0.717) is 25.2 Å². The number of esters is 1. The molecule has 1 aromatic carbocycles. The van der Waals surface area contributed by atoms with Crippen molar-refractivity contribution in [3.8, 4) is 5.75 Å². The van der Waals surface area contributed by atoms with E-state index < -0.39 is 5.97 Å². The van der Waals surface area contributed by atoms with Gasteiger partial charge in [0.05, 0.1) is 26.8 Å². The summed E-state index contributed by atoms with van der Waals surface area (Å²) in [6.07, 6.45) is 4.30. The third-order valence-corrected chi connectivity index (χ3v) is 6.51. The topological polar surface area (TPSA) is 99.7 Å². The molecule has 0 unspecified atom stereocenters. The first-order chi connectivity index (χ1) is 16.6. The molecule has 0 spiro atoms. The SMILES string of the molecule is CCOC(=O)c1nn(Cc2cccc(OC)c2)c2c1CN(C(=O)c1noc3c1CCCC3)CC2. The molecule has 0 N–H and O–H groups in total. The van der Waals surface area contributed by atoms with Gasteiger partial charge in [-0.25, -0.2) is 4.79 Å². The van der Waals surface area contributed by atoms with Crippen LogP contribution < -0.4 is 4.74 Å². The number of nitrogens with zero attached hydrogens (tertiary/aromatic N) is 4. The maximum absolute atomic E-state index is 13.4. The molecule has 34 heavy (non-hydrogen) atoms. The van der Waals surface area contributed by atoms with Gasteiger partial charge in [0.2, 0.25) is 0 Å². The summed E-state index contributed by atoms with van der Waals surface area (Å²) >= 11 is 0. The Morgan fingerprint density at radius 2 is 1.97 bits per heavy atom. The van der Waals surface area contributed by atoms with Crippen molar-refractivity contribution in [2.45, 2.75) is 52.1 Å². The van der Waals surface area contributed by atoms with Gasteiger partial charge in [0.1, 0.15) is 11.5 Å². The normalized spacial score (nSPS) is 14.9. The molecule has 9 heteroatoms. The number of ether oxygens (including phenoxy) is 2. The number of carbonyl (C=O) groups excluding carboxylic acids is 2. The second-order valence-corrected chi connectivity index (χ2v) is 8.62. The number of rotatable bonds is 6. The minimum absolute atomic E-state index is 0.159. The standard InChI is InChI=1S/C25H28N4O5/c1-3-33-25(31)23-19-15-28(24(30)22-18-9-4-5-10-21(18)34-27-22)12-11-20(19)29(26-23)14-16-7-6-8-17(13-16)32-2/h6-8,13H,3-5,9-12,14-15H2,1-2H3. The summed E-state index contributed by atoms with van der Waals surface area (Å²) in [4.78, 5) is 27.8. The third-order valence-electron chi connectivity index (χ3n) is 6.51. The number of methoxy groups -OCH3 is 1. The second-order valence-electron chi connectivity index (χ2n) is 8.62. The minimum Gasteiger partial charge on any atom is -0.497 e. The monoisotopic (exact) mass is 464 g/mol. The second kappa shape index (κ2) is 9.32. The molecule has 178 valence electrons. The van der Waals surface area contributed by atoms with Crippen LogP contribution in [0, 0.1) is 0 Å². The number of aromatic nitrogens is 3. The molecule has 1 aliphatic carbocycles. The van der Waals surface area contributed by atoms with Crippen molar-refractivity contribution in [2.24, 2.45) is 0 Å². The van der Waals surface area contributed by atoms with Crippen LogP contribution in [0.1, 0.15) is 68.9 Å². The Morgan fingerprint density at radius 1 is 1.12 bits per heavy atom. The van der Waals surface area contributed by atoms with Gasteiger partial charge in [-0.15, -0.1) is 0 Å². The molecule has 0 saturated carbocycles. The van der Waals surface area contributed by atoms with Gasteiger partial charge in [0.15, 0.2) is 11.4 Å². The molecule has 2 aliphatic rings. The van der Waals surface area contributed by atoms with E-state index in [-0.39, 0.29) is 24.8 Å². The van der Waals surface area contributed by atoms with Crippen molar-refractivity contribution >= 4 is 11.9 Å². The van der Waals surface area contributed by atoms with Gasteiger partial charge >= 0.3 is 5.97 Å². The van der Waals surface area contributed by atoms with E-state index in [1.807, 2.05) is 28.9 Å². The maximum atomic E-state index is 13.4. The Labute approximate surface area is 197 Å². The molecule has 5 rings (SSSR count). The first-order valence-corrected chi connectivity index (χ1v) is 11.7. The molecule has 9 nitrogen and oxygen atoms in total. The van der Waals surface area contributed by atoms with Crippen molar-refractivity contribution < 1.29 is 23.6 Å². The maximum Gasteiger partial charge on any atom is 0.359 e. The fourth-order valence-corrected chi connectivity index (χ4v) is 4.80. The van der Waals surface area contributed by atoms with Gasteiger partial charge < -0.3 is 18.9 Å². The zero-order valence-electron chi connectivity index (χ0n) is 19.5. The summed E-state index contributed by atoms with van der Waals surface area (Å²) in [5.74, 6) is 0.951. The lowest BCUT2D eigenvalue weighted by Crippen LogP contribution is -2.37. The molecule has 2 aromatic heterocycles. The van der Waals surface area contributed by atoms with Crippen LogP contribution in [0.3, 0.4) is 0 Å². The number of carbonyl (C=O) groups is 2. The Hall–Kier alpha value is -3.62. The summed E-state index contributed by atoms with van der Waals surface area (Å²) in [5, 5.41) is 8.72. The van der Waals surface area contributed by atoms with Gasteiger partial charge in [-0.1, -0.05) is 17.3 Å². The van der Waals surface area contributed by atoms with E-state index in [1.165, 1.54) is 0 Å².